The first kappa shape index (κ1) is 21.1. The molecule has 1 aromatic carbocycles. The van der Waals surface area contributed by atoms with Crippen LogP contribution in [0.2, 0.25) is 0 Å². The van der Waals surface area contributed by atoms with Crippen LogP contribution in [0.1, 0.15) is 70.7 Å². The third kappa shape index (κ3) is 2.83. The predicted molar refractivity (Wildman–Crippen MR) is 104 cm³/mol. The Morgan fingerprint density at radius 2 is 1.75 bits per heavy atom. The summed E-state index contributed by atoms with van der Waals surface area (Å²) in [6.45, 7) is 3.14. The van der Waals surface area contributed by atoms with E-state index in [0.29, 0.717) is 5.56 Å². The number of aromatic hydroxyl groups is 1. The Labute approximate surface area is 182 Å². The number of benzene rings is 1. The van der Waals surface area contributed by atoms with Crippen LogP contribution in [-0.2, 0) is 19.0 Å². The summed E-state index contributed by atoms with van der Waals surface area (Å²) < 4.78 is 16.7. The van der Waals surface area contributed by atoms with Crippen LogP contribution in [0.4, 0.5) is 0 Å². The zero-order chi connectivity index (χ0) is 23.1. The molecule has 7 unspecified atom stereocenters. The summed E-state index contributed by atoms with van der Waals surface area (Å²) in [5.74, 6) is -3.59. The molecule has 0 saturated carbocycles. The summed E-state index contributed by atoms with van der Waals surface area (Å²) in [5.41, 5.74) is -0.284. The molecule has 10 nitrogen and oxygen atoms in total. The quantitative estimate of drug-likeness (QED) is 0.457. The standard InChI is InChI=1S/C22H22O10/c1-6-14-9(22-12(30-6)5-13(24)32-22)3-8-15(19(14)27)20(28)21(29)16(18(8)26)11-4-10(23)17(25)7(2)31-11/h3,6-7,10-12,17,22-23,25,27,29H,4-5H2,1-2H3. The Bertz CT molecular complexity index is 1080. The summed E-state index contributed by atoms with van der Waals surface area (Å²) >= 11 is 0. The van der Waals surface area contributed by atoms with Gasteiger partial charge in [-0.25, -0.2) is 0 Å². The molecule has 2 fully saturated rings. The number of hydrogen-bond acceptors (Lipinski definition) is 10. The molecular weight excluding hydrogens is 424 g/mol. The number of carbonyl (C=O) groups excluding carboxylic acids is 3. The van der Waals surface area contributed by atoms with Gasteiger partial charge in [0, 0.05) is 23.1 Å². The summed E-state index contributed by atoms with van der Waals surface area (Å²) in [6, 6.07) is 1.39. The molecule has 3 aliphatic heterocycles. The van der Waals surface area contributed by atoms with Crippen LogP contribution in [-0.4, -0.2) is 68.5 Å². The molecule has 0 spiro atoms. The minimum atomic E-state index is -1.22. The van der Waals surface area contributed by atoms with Gasteiger partial charge in [-0.15, -0.1) is 0 Å². The van der Waals surface area contributed by atoms with E-state index in [4.69, 9.17) is 14.2 Å². The van der Waals surface area contributed by atoms with E-state index < -0.39 is 71.8 Å². The maximum absolute atomic E-state index is 13.4. The van der Waals surface area contributed by atoms with Gasteiger partial charge in [-0.1, -0.05) is 0 Å². The van der Waals surface area contributed by atoms with Crippen molar-refractivity contribution in [1.82, 2.24) is 0 Å². The first-order valence-electron chi connectivity index (χ1n) is 10.4. The number of hydrogen-bond donors (Lipinski definition) is 4. The van der Waals surface area contributed by atoms with E-state index >= 15 is 0 Å². The van der Waals surface area contributed by atoms with E-state index in [1.54, 1.807) is 6.92 Å². The van der Waals surface area contributed by atoms with Crippen molar-refractivity contribution in [3.63, 3.8) is 0 Å². The van der Waals surface area contributed by atoms with E-state index in [9.17, 15) is 34.8 Å². The lowest BCUT2D eigenvalue weighted by molar-refractivity contribution is -0.151. The van der Waals surface area contributed by atoms with Crippen molar-refractivity contribution in [3.05, 3.63) is 39.7 Å². The number of ether oxygens (including phenoxy) is 3. The van der Waals surface area contributed by atoms with Gasteiger partial charge in [0.1, 0.15) is 18.0 Å². The fourth-order valence-electron chi connectivity index (χ4n) is 5.07. The van der Waals surface area contributed by atoms with E-state index in [1.165, 1.54) is 13.0 Å². The van der Waals surface area contributed by atoms with Gasteiger partial charge in [-0.2, -0.15) is 0 Å². The number of Topliss-reactive ketones (excluding diaryl/α,β-unsaturated/α-hetero) is 2. The SMILES string of the molecule is CC1OC2CC(=O)OC2c2cc3c(c(O)c21)C(=O)C(O)=C(C1CC(O)C(O)C(C)O1)C3=O. The van der Waals surface area contributed by atoms with Crippen molar-refractivity contribution in [2.24, 2.45) is 0 Å². The lowest BCUT2D eigenvalue weighted by Crippen LogP contribution is -2.48. The average Bonchev–Trinajstić information content (AvgIpc) is 3.10. The monoisotopic (exact) mass is 446 g/mol. The number of ketones is 2. The molecular formula is C22H22O10. The highest BCUT2D eigenvalue weighted by atomic mass is 16.6. The smallest absolute Gasteiger partial charge is 0.309 e. The number of aliphatic hydroxyl groups excluding tert-OH is 3. The number of aliphatic hydroxyl groups is 3. The maximum Gasteiger partial charge on any atom is 0.309 e. The first-order valence-corrected chi connectivity index (χ1v) is 10.4. The highest BCUT2D eigenvalue weighted by molar-refractivity contribution is 6.27. The maximum atomic E-state index is 13.4. The van der Waals surface area contributed by atoms with Gasteiger partial charge in [0.2, 0.25) is 5.78 Å². The molecule has 0 radical (unpaired) electrons. The fourth-order valence-corrected chi connectivity index (χ4v) is 5.07. The van der Waals surface area contributed by atoms with E-state index in [2.05, 4.69) is 0 Å². The molecule has 32 heavy (non-hydrogen) atoms. The fraction of sp³-hybridized carbons (Fsp3) is 0.500. The van der Waals surface area contributed by atoms with Gasteiger partial charge in [-0.3, -0.25) is 14.4 Å². The third-order valence-electron chi connectivity index (χ3n) is 6.65. The van der Waals surface area contributed by atoms with Crippen molar-refractivity contribution in [3.8, 4) is 5.75 Å². The highest BCUT2D eigenvalue weighted by Gasteiger charge is 2.48. The largest absolute Gasteiger partial charge is 0.507 e. The molecule has 170 valence electrons. The summed E-state index contributed by atoms with van der Waals surface area (Å²) in [4.78, 5) is 38.2. The average molecular weight is 446 g/mol. The molecule has 4 N–H and O–H groups in total. The molecule has 1 aromatic rings. The van der Waals surface area contributed by atoms with Gasteiger partial charge in [0.15, 0.2) is 17.6 Å². The summed E-state index contributed by atoms with van der Waals surface area (Å²) in [7, 11) is 0. The molecule has 0 bridgehead atoms. The molecule has 5 rings (SSSR count). The second kappa shape index (κ2) is 7.11. The van der Waals surface area contributed by atoms with Gasteiger partial charge in [0.25, 0.3) is 0 Å². The lowest BCUT2D eigenvalue weighted by atomic mass is 9.78. The van der Waals surface area contributed by atoms with Gasteiger partial charge < -0.3 is 34.6 Å². The Balaban J connectivity index is 1.63. The van der Waals surface area contributed by atoms with Crippen molar-refractivity contribution in [2.45, 2.75) is 69.4 Å². The zero-order valence-corrected chi connectivity index (χ0v) is 17.3. The molecule has 1 aliphatic carbocycles. The van der Waals surface area contributed by atoms with Crippen LogP contribution < -0.4 is 0 Å². The second-order valence-electron chi connectivity index (χ2n) is 8.63. The van der Waals surface area contributed by atoms with Crippen molar-refractivity contribution >= 4 is 17.5 Å². The predicted octanol–water partition coefficient (Wildman–Crippen LogP) is 0.930. The molecule has 4 aliphatic rings. The number of carbonyl (C=O) groups is 3. The van der Waals surface area contributed by atoms with Gasteiger partial charge in [-0.05, 0) is 19.9 Å². The Morgan fingerprint density at radius 1 is 1.03 bits per heavy atom. The Kier molecular flexibility index (Phi) is 4.68. The van der Waals surface area contributed by atoms with Crippen molar-refractivity contribution in [2.75, 3.05) is 0 Å². The van der Waals surface area contributed by atoms with E-state index in [1.807, 2.05) is 0 Å². The normalized spacial score (nSPS) is 36.5. The van der Waals surface area contributed by atoms with Crippen molar-refractivity contribution in [1.29, 1.82) is 0 Å². The van der Waals surface area contributed by atoms with Crippen LogP contribution in [0.5, 0.6) is 5.75 Å². The minimum Gasteiger partial charge on any atom is -0.507 e. The number of rotatable bonds is 1. The third-order valence-corrected chi connectivity index (χ3v) is 6.65. The molecule has 2 saturated heterocycles. The zero-order valence-electron chi connectivity index (χ0n) is 17.3. The van der Waals surface area contributed by atoms with Crippen LogP contribution in [0.25, 0.3) is 0 Å². The Morgan fingerprint density at radius 3 is 2.44 bits per heavy atom. The molecule has 10 heteroatoms. The van der Waals surface area contributed by atoms with Crippen LogP contribution >= 0.6 is 0 Å². The highest BCUT2D eigenvalue weighted by Crippen LogP contribution is 2.50. The number of allylic oxidation sites excluding steroid dienone is 1. The number of fused-ring (bicyclic) bond motifs is 4. The molecule has 7 atom stereocenters. The minimum absolute atomic E-state index is 0.0269. The number of phenolic OH excluding ortho intramolecular Hbond substituents is 1. The lowest BCUT2D eigenvalue weighted by Gasteiger charge is -2.37. The van der Waals surface area contributed by atoms with E-state index in [0.717, 1.165) is 0 Å². The van der Waals surface area contributed by atoms with Crippen LogP contribution in [0.3, 0.4) is 0 Å². The van der Waals surface area contributed by atoms with Gasteiger partial charge >= 0.3 is 5.97 Å². The van der Waals surface area contributed by atoms with Gasteiger partial charge in [0.05, 0.1) is 42.0 Å². The summed E-state index contributed by atoms with van der Waals surface area (Å²) in [6.07, 6.45) is -6.65. The molecule has 3 heterocycles. The van der Waals surface area contributed by atoms with E-state index in [-0.39, 0.29) is 35.1 Å². The second-order valence-corrected chi connectivity index (χ2v) is 8.63. The molecule has 0 aromatic heterocycles. The topological polar surface area (TPSA) is 160 Å². The Hall–Kier alpha value is -2.79. The van der Waals surface area contributed by atoms with Crippen LogP contribution in [0, 0.1) is 0 Å². The number of esters is 1. The number of phenols is 1. The first-order chi connectivity index (χ1) is 15.1. The van der Waals surface area contributed by atoms with Crippen LogP contribution in [0.15, 0.2) is 17.4 Å². The van der Waals surface area contributed by atoms with Crippen molar-refractivity contribution < 1.29 is 49.0 Å². The molecule has 0 amide bonds. The summed E-state index contributed by atoms with van der Waals surface area (Å²) in [5, 5.41) is 41.5.